The van der Waals surface area contributed by atoms with E-state index in [1.54, 1.807) is 0 Å². The molecule has 0 unspecified atom stereocenters. The molecule has 1 N–H and O–H groups in total. The monoisotopic (exact) mass is 222 g/mol. The van der Waals surface area contributed by atoms with Gasteiger partial charge in [0.1, 0.15) is 0 Å². The lowest BCUT2D eigenvalue weighted by Gasteiger charge is -2.20. The molecule has 0 atom stereocenters. The van der Waals surface area contributed by atoms with Crippen molar-refractivity contribution < 1.29 is 0 Å². The molecule has 0 bridgehead atoms. The molecular formula is C12H22N4. The lowest BCUT2D eigenvalue weighted by molar-refractivity contribution is 0.558. The number of aromatic nitrogens is 2. The first-order valence-electron chi connectivity index (χ1n) is 5.65. The Morgan fingerprint density at radius 1 is 1.25 bits per heavy atom. The third kappa shape index (κ3) is 3.45. The van der Waals surface area contributed by atoms with Gasteiger partial charge in [-0.1, -0.05) is 20.8 Å². The summed E-state index contributed by atoms with van der Waals surface area (Å²) in [6, 6.07) is 4.08. The Bertz CT molecular complexity index is 313. The van der Waals surface area contributed by atoms with E-state index in [4.69, 9.17) is 0 Å². The van der Waals surface area contributed by atoms with Gasteiger partial charge in [0.25, 0.3) is 0 Å². The molecule has 0 saturated carbocycles. The first-order chi connectivity index (χ1) is 7.45. The highest BCUT2D eigenvalue weighted by molar-refractivity contribution is 5.36. The van der Waals surface area contributed by atoms with Crippen LogP contribution in [0.5, 0.6) is 0 Å². The average molecular weight is 222 g/mol. The van der Waals surface area contributed by atoms with Crippen molar-refractivity contribution in [2.75, 3.05) is 32.1 Å². The van der Waals surface area contributed by atoms with Gasteiger partial charge in [-0.05, 0) is 19.2 Å². The third-order valence-electron chi connectivity index (χ3n) is 2.51. The molecule has 1 aromatic rings. The quantitative estimate of drug-likeness (QED) is 0.836. The number of anilines is 1. The van der Waals surface area contributed by atoms with Crippen molar-refractivity contribution in [3.05, 3.63) is 17.8 Å². The second-order valence-corrected chi connectivity index (χ2v) is 5.05. The second-order valence-electron chi connectivity index (χ2n) is 5.05. The van der Waals surface area contributed by atoms with Crippen molar-refractivity contribution in [2.24, 2.45) is 0 Å². The summed E-state index contributed by atoms with van der Waals surface area (Å²) in [6.07, 6.45) is 0. The van der Waals surface area contributed by atoms with Gasteiger partial charge in [-0.25, -0.2) is 0 Å². The Morgan fingerprint density at radius 2 is 1.94 bits per heavy atom. The van der Waals surface area contributed by atoms with Crippen LogP contribution in [-0.2, 0) is 5.41 Å². The molecule has 0 aliphatic carbocycles. The average Bonchev–Trinajstić information content (AvgIpc) is 2.25. The summed E-state index contributed by atoms with van der Waals surface area (Å²) in [7, 11) is 3.97. The maximum Gasteiger partial charge on any atom is 0.151 e. The fraction of sp³-hybridized carbons (Fsp3) is 0.667. The molecule has 0 amide bonds. The highest BCUT2D eigenvalue weighted by atomic mass is 15.2. The minimum absolute atomic E-state index is 0.0646. The fourth-order valence-corrected chi connectivity index (χ4v) is 1.32. The molecule has 1 aromatic heterocycles. The van der Waals surface area contributed by atoms with E-state index in [-0.39, 0.29) is 5.41 Å². The van der Waals surface area contributed by atoms with Crippen LogP contribution in [-0.4, -0.2) is 37.4 Å². The van der Waals surface area contributed by atoms with Gasteiger partial charge in [0.15, 0.2) is 5.82 Å². The van der Waals surface area contributed by atoms with Crippen LogP contribution < -0.4 is 10.2 Å². The summed E-state index contributed by atoms with van der Waals surface area (Å²) in [6.45, 7) is 8.30. The van der Waals surface area contributed by atoms with Crippen molar-refractivity contribution in [2.45, 2.75) is 26.2 Å². The summed E-state index contributed by atoms with van der Waals surface area (Å²) in [4.78, 5) is 2.09. The third-order valence-corrected chi connectivity index (χ3v) is 2.51. The summed E-state index contributed by atoms with van der Waals surface area (Å²) in [5.41, 5.74) is 1.09. The van der Waals surface area contributed by atoms with Gasteiger partial charge in [0.05, 0.1) is 5.69 Å². The lowest BCUT2D eigenvalue weighted by Crippen LogP contribution is -2.28. The van der Waals surface area contributed by atoms with Crippen LogP contribution in [0.4, 0.5) is 5.82 Å². The molecule has 0 aromatic carbocycles. The number of hydrogen-bond donors (Lipinski definition) is 1. The van der Waals surface area contributed by atoms with Gasteiger partial charge >= 0.3 is 0 Å². The SMILES string of the molecule is CNCCN(C)c1ccc(C(C)(C)C)nn1. The molecule has 0 spiro atoms. The maximum atomic E-state index is 4.27. The number of nitrogens with zero attached hydrogens (tertiary/aromatic N) is 3. The topological polar surface area (TPSA) is 41.0 Å². The zero-order valence-electron chi connectivity index (χ0n) is 10.9. The van der Waals surface area contributed by atoms with Crippen molar-refractivity contribution in [1.29, 1.82) is 0 Å². The first kappa shape index (κ1) is 12.9. The molecule has 4 heteroatoms. The van der Waals surface area contributed by atoms with E-state index in [0.29, 0.717) is 0 Å². The molecule has 0 aliphatic heterocycles. The fourth-order valence-electron chi connectivity index (χ4n) is 1.32. The minimum Gasteiger partial charge on any atom is -0.357 e. The number of likely N-dealkylation sites (N-methyl/N-ethyl adjacent to an activating group) is 2. The molecule has 90 valence electrons. The van der Waals surface area contributed by atoms with Crippen LogP contribution in [0.2, 0.25) is 0 Å². The van der Waals surface area contributed by atoms with E-state index in [0.717, 1.165) is 24.6 Å². The molecule has 0 radical (unpaired) electrons. The van der Waals surface area contributed by atoms with Crippen LogP contribution in [0.1, 0.15) is 26.5 Å². The van der Waals surface area contributed by atoms with Gasteiger partial charge in [-0.3, -0.25) is 0 Å². The Labute approximate surface area is 98.1 Å². The van der Waals surface area contributed by atoms with E-state index in [1.165, 1.54) is 0 Å². The normalized spacial score (nSPS) is 11.6. The van der Waals surface area contributed by atoms with Crippen molar-refractivity contribution in [3.63, 3.8) is 0 Å². The van der Waals surface area contributed by atoms with E-state index in [9.17, 15) is 0 Å². The second kappa shape index (κ2) is 5.25. The predicted octanol–water partition coefficient (Wildman–Crippen LogP) is 1.43. The number of nitrogens with one attached hydrogen (secondary N) is 1. The van der Waals surface area contributed by atoms with Gasteiger partial charge in [-0.15, -0.1) is 5.10 Å². The summed E-state index contributed by atoms with van der Waals surface area (Å²) in [5, 5.41) is 11.6. The molecule has 0 saturated heterocycles. The predicted molar refractivity (Wildman–Crippen MR) is 67.9 cm³/mol. The molecular weight excluding hydrogens is 200 g/mol. The van der Waals surface area contributed by atoms with Gasteiger partial charge in [0, 0.05) is 25.6 Å². The van der Waals surface area contributed by atoms with Crippen molar-refractivity contribution in [1.82, 2.24) is 15.5 Å². The Balaban J connectivity index is 2.71. The van der Waals surface area contributed by atoms with Crippen LogP contribution in [0, 0.1) is 0 Å². The minimum atomic E-state index is 0.0646. The number of rotatable bonds is 4. The molecule has 1 heterocycles. The Morgan fingerprint density at radius 3 is 2.38 bits per heavy atom. The molecule has 4 nitrogen and oxygen atoms in total. The summed E-state index contributed by atoms with van der Waals surface area (Å²) >= 11 is 0. The van der Waals surface area contributed by atoms with E-state index in [2.05, 4.69) is 47.3 Å². The van der Waals surface area contributed by atoms with Crippen LogP contribution in [0.15, 0.2) is 12.1 Å². The van der Waals surface area contributed by atoms with Crippen molar-refractivity contribution in [3.8, 4) is 0 Å². The summed E-state index contributed by atoms with van der Waals surface area (Å²) in [5.74, 6) is 0.920. The van der Waals surface area contributed by atoms with Crippen LogP contribution in [0.3, 0.4) is 0 Å². The standard InChI is InChI=1S/C12H22N4/c1-12(2,3)10-6-7-11(15-14-10)16(5)9-8-13-4/h6-7,13H,8-9H2,1-5H3. The zero-order chi connectivity index (χ0) is 12.2. The summed E-state index contributed by atoms with van der Waals surface area (Å²) < 4.78 is 0. The highest BCUT2D eigenvalue weighted by Crippen LogP contribution is 2.20. The van der Waals surface area contributed by atoms with E-state index >= 15 is 0 Å². The Hall–Kier alpha value is -1.16. The molecule has 16 heavy (non-hydrogen) atoms. The lowest BCUT2D eigenvalue weighted by atomic mass is 9.92. The van der Waals surface area contributed by atoms with Gasteiger partial charge in [-0.2, -0.15) is 5.10 Å². The van der Waals surface area contributed by atoms with Crippen LogP contribution >= 0.6 is 0 Å². The molecule has 1 rings (SSSR count). The Kier molecular flexibility index (Phi) is 4.24. The smallest absolute Gasteiger partial charge is 0.151 e. The first-order valence-corrected chi connectivity index (χ1v) is 5.65. The molecule has 0 aliphatic rings. The largest absolute Gasteiger partial charge is 0.357 e. The molecule has 0 fully saturated rings. The van der Waals surface area contributed by atoms with Crippen LogP contribution in [0.25, 0.3) is 0 Å². The van der Waals surface area contributed by atoms with Gasteiger partial charge in [0.2, 0.25) is 0 Å². The highest BCUT2D eigenvalue weighted by Gasteiger charge is 2.16. The zero-order valence-corrected chi connectivity index (χ0v) is 10.9. The number of hydrogen-bond acceptors (Lipinski definition) is 4. The maximum absolute atomic E-state index is 4.27. The van der Waals surface area contributed by atoms with E-state index < -0.39 is 0 Å². The van der Waals surface area contributed by atoms with Gasteiger partial charge < -0.3 is 10.2 Å². The van der Waals surface area contributed by atoms with Crippen molar-refractivity contribution >= 4 is 5.82 Å². The van der Waals surface area contributed by atoms with E-state index in [1.807, 2.05) is 20.2 Å².